The molecule has 0 saturated carbocycles. The molecule has 0 aliphatic carbocycles. The van der Waals surface area contributed by atoms with E-state index in [0.29, 0.717) is 11.7 Å². The summed E-state index contributed by atoms with van der Waals surface area (Å²) < 4.78 is 1.57. The van der Waals surface area contributed by atoms with Crippen LogP contribution in [0.2, 0.25) is 0 Å². The number of H-pyrrole nitrogens is 1. The molecule has 0 fully saturated rings. The highest BCUT2D eigenvalue weighted by molar-refractivity contribution is 7.99. The van der Waals surface area contributed by atoms with Crippen molar-refractivity contribution in [3.63, 3.8) is 0 Å². The summed E-state index contributed by atoms with van der Waals surface area (Å²) in [6.45, 7) is 4.37. The van der Waals surface area contributed by atoms with Crippen LogP contribution >= 0.6 is 11.8 Å². The van der Waals surface area contributed by atoms with Crippen molar-refractivity contribution in [2.75, 3.05) is 0 Å². The van der Waals surface area contributed by atoms with Crippen LogP contribution in [0.4, 0.5) is 0 Å². The Kier molecular flexibility index (Phi) is 3.83. The second kappa shape index (κ2) is 5.36. The third-order valence-electron chi connectivity index (χ3n) is 2.47. The average molecular weight is 265 g/mol. The molecule has 0 amide bonds. The van der Waals surface area contributed by atoms with Gasteiger partial charge in [-0.05, 0) is 37.7 Å². The molecule has 0 aromatic carbocycles. The second-order valence-electron chi connectivity index (χ2n) is 3.87. The Morgan fingerprint density at radius 1 is 1.56 bits per heavy atom. The molecule has 2 heterocycles. The van der Waals surface area contributed by atoms with Gasteiger partial charge in [0, 0.05) is 23.7 Å². The largest absolute Gasteiger partial charge is 0.343 e. The van der Waals surface area contributed by atoms with Crippen LogP contribution in [0.3, 0.4) is 0 Å². The van der Waals surface area contributed by atoms with Gasteiger partial charge >= 0.3 is 5.69 Å². The van der Waals surface area contributed by atoms with Crippen LogP contribution in [0, 0.1) is 0 Å². The van der Waals surface area contributed by atoms with Gasteiger partial charge in [0.2, 0.25) is 0 Å². The quantitative estimate of drug-likeness (QED) is 0.865. The van der Waals surface area contributed by atoms with Gasteiger partial charge in [0.25, 0.3) is 0 Å². The summed E-state index contributed by atoms with van der Waals surface area (Å²) in [4.78, 5) is 16.6. The molecule has 2 aromatic heterocycles. The van der Waals surface area contributed by atoms with Gasteiger partial charge in [-0.1, -0.05) is 0 Å². The van der Waals surface area contributed by atoms with Crippen LogP contribution in [0.25, 0.3) is 0 Å². The topological polar surface area (TPSA) is 89.6 Å². The minimum absolute atomic E-state index is 0.0803. The molecule has 96 valence electrons. The molecule has 6 nitrogen and oxygen atoms in total. The normalized spacial score (nSPS) is 12.6. The Hall–Kier alpha value is -1.60. The van der Waals surface area contributed by atoms with Crippen LogP contribution in [-0.4, -0.2) is 19.7 Å². The van der Waals surface area contributed by atoms with Crippen LogP contribution in [0.15, 0.2) is 33.2 Å². The van der Waals surface area contributed by atoms with E-state index in [-0.39, 0.29) is 11.7 Å². The number of nitrogens with two attached hydrogens (primary N) is 1. The predicted octanol–water partition coefficient (Wildman–Crippen LogP) is 1.16. The Morgan fingerprint density at radius 3 is 2.89 bits per heavy atom. The number of aromatic nitrogens is 4. The molecule has 2 rings (SSSR count). The van der Waals surface area contributed by atoms with E-state index in [2.05, 4.69) is 15.2 Å². The van der Waals surface area contributed by atoms with Crippen molar-refractivity contribution in [2.45, 2.75) is 36.5 Å². The molecular formula is C11H15N5OS. The molecule has 0 radical (unpaired) electrons. The molecule has 7 heteroatoms. The summed E-state index contributed by atoms with van der Waals surface area (Å²) >= 11 is 1.40. The van der Waals surface area contributed by atoms with Gasteiger partial charge in [-0.15, -0.1) is 5.10 Å². The van der Waals surface area contributed by atoms with Crippen molar-refractivity contribution in [1.82, 2.24) is 19.7 Å². The zero-order chi connectivity index (χ0) is 13.1. The minimum Gasteiger partial charge on any atom is -0.323 e. The lowest BCUT2D eigenvalue weighted by atomic mass is 10.2. The number of hydrogen-bond acceptors (Lipinski definition) is 5. The first-order valence-corrected chi connectivity index (χ1v) is 6.48. The first-order chi connectivity index (χ1) is 8.61. The van der Waals surface area contributed by atoms with Crippen LogP contribution in [0.1, 0.15) is 25.6 Å². The number of nitrogens with zero attached hydrogens (tertiary/aromatic N) is 3. The fraction of sp³-hybridized carbons (Fsp3) is 0.364. The van der Waals surface area contributed by atoms with Gasteiger partial charge in [-0.2, -0.15) is 0 Å². The van der Waals surface area contributed by atoms with E-state index in [4.69, 9.17) is 5.73 Å². The van der Waals surface area contributed by atoms with Crippen LogP contribution in [-0.2, 0) is 6.54 Å². The van der Waals surface area contributed by atoms with Crippen molar-refractivity contribution >= 4 is 11.8 Å². The Morgan fingerprint density at radius 2 is 2.33 bits per heavy atom. The van der Waals surface area contributed by atoms with E-state index in [1.807, 2.05) is 26.0 Å². The minimum atomic E-state index is -0.194. The van der Waals surface area contributed by atoms with Crippen LogP contribution < -0.4 is 11.4 Å². The SMILES string of the molecule is CCn1c(Sc2ccc([C@@H](C)N)nc2)n[nH]c1=O. The number of pyridine rings is 1. The standard InChI is InChI=1S/C11H15N5OS/c1-3-16-10(17)14-15-11(16)18-8-4-5-9(7(2)12)13-6-8/h4-7H,3,12H2,1-2H3,(H,14,17)/t7-/m1/s1. The molecule has 0 unspecified atom stereocenters. The molecule has 0 aliphatic rings. The smallest absolute Gasteiger partial charge is 0.323 e. The van der Waals surface area contributed by atoms with E-state index in [9.17, 15) is 4.79 Å². The maximum atomic E-state index is 11.4. The predicted molar refractivity (Wildman–Crippen MR) is 69.5 cm³/mol. The maximum Gasteiger partial charge on any atom is 0.343 e. The fourth-order valence-electron chi connectivity index (χ4n) is 1.49. The number of aromatic amines is 1. The summed E-state index contributed by atoms with van der Waals surface area (Å²) in [6, 6.07) is 3.73. The Bertz CT molecular complexity index is 572. The van der Waals surface area contributed by atoms with Crippen molar-refractivity contribution in [1.29, 1.82) is 0 Å². The Balaban J connectivity index is 2.21. The lowest BCUT2D eigenvalue weighted by Crippen LogP contribution is -2.16. The van der Waals surface area contributed by atoms with E-state index in [1.54, 1.807) is 10.8 Å². The van der Waals surface area contributed by atoms with E-state index in [1.165, 1.54) is 11.8 Å². The first kappa shape index (κ1) is 12.8. The monoisotopic (exact) mass is 265 g/mol. The Labute approximate surface area is 109 Å². The van der Waals surface area contributed by atoms with E-state index in [0.717, 1.165) is 10.6 Å². The lowest BCUT2D eigenvalue weighted by Gasteiger charge is -2.05. The van der Waals surface area contributed by atoms with Crippen molar-refractivity contribution in [2.24, 2.45) is 5.73 Å². The van der Waals surface area contributed by atoms with Crippen molar-refractivity contribution in [3.05, 3.63) is 34.5 Å². The van der Waals surface area contributed by atoms with Crippen molar-refractivity contribution in [3.8, 4) is 0 Å². The summed E-state index contributed by atoms with van der Waals surface area (Å²) in [5.41, 5.74) is 6.38. The van der Waals surface area contributed by atoms with Gasteiger partial charge in [0.1, 0.15) is 0 Å². The summed E-state index contributed by atoms with van der Waals surface area (Å²) in [5.74, 6) is 0. The molecule has 0 aliphatic heterocycles. The molecule has 0 bridgehead atoms. The molecule has 18 heavy (non-hydrogen) atoms. The average Bonchev–Trinajstić information content (AvgIpc) is 2.70. The summed E-state index contributed by atoms with van der Waals surface area (Å²) in [6.07, 6.45) is 1.74. The van der Waals surface area contributed by atoms with Crippen LogP contribution in [0.5, 0.6) is 0 Å². The maximum absolute atomic E-state index is 11.4. The summed E-state index contributed by atoms with van der Waals surface area (Å²) in [7, 11) is 0. The third-order valence-corrected chi connectivity index (χ3v) is 3.45. The number of nitrogens with one attached hydrogen (secondary N) is 1. The van der Waals surface area contributed by atoms with Gasteiger partial charge in [0.15, 0.2) is 5.16 Å². The lowest BCUT2D eigenvalue weighted by molar-refractivity contribution is 0.660. The van der Waals surface area contributed by atoms with Gasteiger partial charge in [0.05, 0.1) is 5.69 Å². The molecule has 0 spiro atoms. The fourth-order valence-corrected chi connectivity index (χ4v) is 2.35. The van der Waals surface area contributed by atoms with E-state index < -0.39 is 0 Å². The zero-order valence-electron chi connectivity index (χ0n) is 10.3. The number of hydrogen-bond donors (Lipinski definition) is 2. The van der Waals surface area contributed by atoms with Gasteiger partial charge in [-0.3, -0.25) is 9.55 Å². The highest BCUT2D eigenvalue weighted by Gasteiger charge is 2.09. The molecule has 0 saturated heterocycles. The zero-order valence-corrected chi connectivity index (χ0v) is 11.1. The van der Waals surface area contributed by atoms with Crippen molar-refractivity contribution < 1.29 is 0 Å². The van der Waals surface area contributed by atoms with E-state index >= 15 is 0 Å². The molecule has 2 aromatic rings. The molecule has 3 N–H and O–H groups in total. The van der Waals surface area contributed by atoms with Gasteiger partial charge in [-0.25, -0.2) is 9.89 Å². The molecule has 1 atom stereocenters. The molecular weight excluding hydrogens is 250 g/mol. The summed E-state index contributed by atoms with van der Waals surface area (Å²) in [5, 5.41) is 7.05. The second-order valence-corrected chi connectivity index (χ2v) is 4.91. The highest BCUT2D eigenvalue weighted by Crippen LogP contribution is 2.24. The highest BCUT2D eigenvalue weighted by atomic mass is 32.2. The third kappa shape index (κ3) is 2.62. The first-order valence-electron chi connectivity index (χ1n) is 5.66. The number of rotatable bonds is 4. The van der Waals surface area contributed by atoms with Gasteiger partial charge < -0.3 is 5.73 Å².